The highest BCUT2D eigenvalue weighted by Crippen LogP contribution is 2.39. The Labute approximate surface area is 170 Å². The van der Waals surface area contributed by atoms with Gasteiger partial charge >= 0.3 is 0 Å². The molecule has 4 aromatic rings. The first kappa shape index (κ1) is 18.4. The molecule has 0 heterocycles. The SMILES string of the molecule is CN(C)c1ccc(C(c2ccc3ccccc3c2)c2cc(Cl)ccc2O)cc1. The van der Waals surface area contributed by atoms with Crippen LogP contribution in [0.15, 0.2) is 84.9 Å². The molecule has 0 aliphatic rings. The molecule has 2 nitrogen and oxygen atoms in total. The summed E-state index contributed by atoms with van der Waals surface area (Å²) in [5, 5.41) is 13.6. The van der Waals surface area contributed by atoms with Gasteiger partial charge in [-0.1, -0.05) is 66.2 Å². The Morgan fingerprint density at radius 3 is 2.14 bits per heavy atom. The minimum absolute atomic E-state index is 0.112. The fourth-order valence-corrected chi connectivity index (χ4v) is 3.84. The van der Waals surface area contributed by atoms with Gasteiger partial charge in [0, 0.05) is 36.3 Å². The molecule has 1 N–H and O–H groups in total. The van der Waals surface area contributed by atoms with Gasteiger partial charge in [0.1, 0.15) is 5.75 Å². The average Bonchev–Trinajstić information content (AvgIpc) is 2.71. The topological polar surface area (TPSA) is 23.5 Å². The molecule has 0 aliphatic carbocycles. The van der Waals surface area contributed by atoms with Gasteiger partial charge in [0.2, 0.25) is 0 Å². The quantitative estimate of drug-likeness (QED) is 0.407. The van der Waals surface area contributed by atoms with E-state index in [4.69, 9.17) is 11.6 Å². The molecule has 3 heteroatoms. The number of hydrogen-bond acceptors (Lipinski definition) is 2. The zero-order chi connectivity index (χ0) is 19.7. The zero-order valence-electron chi connectivity index (χ0n) is 15.9. The van der Waals surface area contributed by atoms with E-state index >= 15 is 0 Å². The van der Waals surface area contributed by atoms with Crippen molar-refractivity contribution >= 4 is 28.1 Å². The number of benzene rings is 4. The van der Waals surface area contributed by atoms with E-state index in [2.05, 4.69) is 59.5 Å². The van der Waals surface area contributed by atoms with E-state index in [0.29, 0.717) is 5.02 Å². The van der Waals surface area contributed by atoms with Crippen molar-refractivity contribution in [1.29, 1.82) is 0 Å². The molecule has 28 heavy (non-hydrogen) atoms. The van der Waals surface area contributed by atoms with Crippen LogP contribution in [0.1, 0.15) is 22.6 Å². The van der Waals surface area contributed by atoms with E-state index < -0.39 is 0 Å². The Hall–Kier alpha value is -2.97. The average molecular weight is 388 g/mol. The Kier molecular flexibility index (Phi) is 4.97. The molecule has 0 saturated carbocycles. The van der Waals surface area contributed by atoms with Crippen LogP contribution in [0.2, 0.25) is 5.02 Å². The first-order valence-corrected chi connectivity index (χ1v) is 9.65. The molecular formula is C25H22ClNO. The number of fused-ring (bicyclic) bond motifs is 1. The van der Waals surface area contributed by atoms with Crippen LogP contribution in [0.25, 0.3) is 10.8 Å². The van der Waals surface area contributed by atoms with Crippen LogP contribution in [-0.2, 0) is 0 Å². The summed E-state index contributed by atoms with van der Waals surface area (Å²) in [6.07, 6.45) is 0. The zero-order valence-corrected chi connectivity index (χ0v) is 16.7. The lowest BCUT2D eigenvalue weighted by molar-refractivity contribution is 0.467. The van der Waals surface area contributed by atoms with Crippen LogP contribution < -0.4 is 4.90 Å². The summed E-state index contributed by atoms with van der Waals surface area (Å²) < 4.78 is 0. The summed E-state index contributed by atoms with van der Waals surface area (Å²) in [5.41, 5.74) is 4.17. The van der Waals surface area contributed by atoms with Crippen molar-refractivity contribution in [1.82, 2.24) is 0 Å². The van der Waals surface area contributed by atoms with Crippen molar-refractivity contribution in [2.75, 3.05) is 19.0 Å². The van der Waals surface area contributed by atoms with Crippen molar-refractivity contribution in [2.45, 2.75) is 5.92 Å². The first-order chi connectivity index (χ1) is 13.5. The van der Waals surface area contributed by atoms with Crippen LogP contribution in [0.4, 0.5) is 5.69 Å². The maximum Gasteiger partial charge on any atom is 0.119 e. The lowest BCUT2D eigenvalue weighted by Gasteiger charge is -2.22. The van der Waals surface area contributed by atoms with Crippen LogP contribution in [-0.4, -0.2) is 19.2 Å². The molecule has 0 saturated heterocycles. The second-order valence-corrected chi connectivity index (χ2v) is 7.67. The maximum absolute atomic E-state index is 10.6. The third-order valence-electron chi connectivity index (χ3n) is 5.15. The highest BCUT2D eigenvalue weighted by Gasteiger charge is 2.21. The van der Waals surface area contributed by atoms with Crippen molar-refractivity contribution in [2.24, 2.45) is 0 Å². The molecule has 0 radical (unpaired) electrons. The monoisotopic (exact) mass is 387 g/mol. The van der Waals surface area contributed by atoms with Gasteiger partial charge in [0.15, 0.2) is 0 Å². The number of hydrogen-bond donors (Lipinski definition) is 1. The minimum atomic E-state index is -0.112. The van der Waals surface area contributed by atoms with Gasteiger partial charge in [-0.15, -0.1) is 0 Å². The van der Waals surface area contributed by atoms with Gasteiger partial charge in [-0.25, -0.2) is 0 Å². The molecule has 1 atom stereocenters. The number of rotatable bonds is 4. The number of halogens is 1. The second kappa shape index (κ2) is 7.57. The van der Waals surface area contributed by atoms with Crippen molar-refractivity contribution < 1.29 is 5.11 Å². The van der Waals surface area contributed by atoms with Crippen LogP contribution in [0, 0.1) is 0 Å². The third kappa shape index (κ3) is 3.56. The molecule has 140 valence electrons. The maximum atomic E-state index is 10.6. The standard InChI is InChI=1S/C25H22ClNO/c1-27(2)22-12-9-18(10-13-22)25(23-16-21(26)11-14-24(23)28)20-8-7-17-5-3-4-6-19(17)15-20/h3-16,25,28H,1-2H3. The summed E-state index contributed by atoms with van der Waals surface area (Å²) in [7, 11) is 4.05. The number of phenolic OH excluding ortho intramolecular Hbond substituents is 1. The normalized spacial score (nSPS) is 12.1. The van der Waals surface area contributed by atoms with E-state index in [-0.39, 0.29) is 11.7 Å². The lowest BCUT2D eigenvalue weighted by Crippen LogP contribution is -2.09. The summed E-state index contributed by atoms with van der Waals surface area (Å²) in [6.45, 7) is 0. The van der Waals surface area contributed by atoms with E-state index in [1.807, 2.05) is 32.3 Å². The number of aromatic hydroxyl groups is 1. The van der Waals surface area contributed by atoms with E-state index in [9.17, 15) is 5.11 Å². The van der Waals surface area contributed by atoms with Crippen molar-refractivity contribution in [3.05, 3.63) is 107 Å². The molecular weight excluding hydrogens is 366 g/mol. The molecule has 4 aromatic carbocycles. The molecule has 0 spiro atoms. The molecule has 0 amide bonds. The molecule has 0 aromatic heterocycles. The van der Waals surface area contributed by atoms with Crippen LogP contribution in [0.3, 0.4) is 0 Å². The summed E-state index contributed by atoms with van der Waals surface area (Å²) >= 11 is 6.28. The van der Waals surface area contributed by atoms with E-state index in [1.165, 1.54) is 10.8 Å². The lowest BCUT2D eigenvalue weighted by atomic mass is 9.84. The van der Waals surface area contributed by atoms with E-state index in [0.717, 1.165) is 22.4 Å². The van der Waals surface area contributed by atoms with Gasteiger partial charge < -0.3 is 10.0 Å². The fraction of sp³-hybridized carbons (Fsp3) is 0.120. The fourth-order valence-electron chi connectivity index (χ4n) is 3.66. The second-order valence-electron chi connectivity index (χ2n) is 7.23. The van der Waals surface area contributed by atoms with Crippen molar-refractivity contribution in [3.63, 3.8) is 0 Å². The minimum Gasteiger partial charge on any atom is -0.508 e. The van der Waals surface area contributed by atoms with Gasteiger partial charge in [0.05, 0.1) is 0 Å². The molecule has 0 bridgehead atoms. The predicted molar refractivity (Wildman–Crippen MR) is 119 cm³/mol. The number of nitrogens with zero attached hydrogens (tertiary/aromatic N) is 1. The van der Waals surface area contributed by atoms with Crippen LogP contribution in [0.5, 0.6) is 5.75 Å². The highest BCUT2D eigenvalue weighted by molar-refractivity contribution is 6.30. The van der Waals surface area contributed by atoms with E-state index in [1.54, 1.807) is 12.1 Å². The Balaban J connectivity index is 1.90. The summed E-state index contributed by atoms with van der Waals surface area (Å²) in [5.74, 6) is 0.138. The largest absolute Gasteiger partial charge is 0.508 e. The highest BCUT2D eigenvalue weighted by atomic mass is 35.5. The van der Waals surface area contributed by atoms with Gasteiger partial charge in [0.25, 0.3) is 0 Å². The third-order valence-corrected chi connectivity index (χ3v) is 5.39. The van der Waals surface area contributed by atoms with Crippen molar-refractivity contribution in [3.8, 4) is 5.75 Å². The Morgan fingerprint density at radius 2 is 1.43 bits per heavy atom. The Bertz CT molecular complexity index is 1120. The smallest absolute Gasteiger partial charge is 0.119 e. The molecule has 1 unspecified atom stereocenters. The molecule has 0 aliphatic heterocycles. The van der Waals surface area contributed by atoms with Gasteiger partial charge in [-0.2, -0.15) is 0 Å². The van der Waals surface area contributed by atoms with Gasteiger partial charge in [-0.05, 0) is 52.2 Å². The van der Waals surface area contributed by atoms with Crippen LogP contribution >= 0.6 is 11.6 Å². The predicted octanol–water partition coefficient (Wildman–Crippen LogP) is 6.45. The van der Waals surface area contributed by atoms with Gasteiger partial charge in [-0.3, -0.25) is 0 Å². The summed E-state index contributed by atoms with van der Waals surface area (Å²) in [6, 6.07) is 28.5. The Morgan fingerprint density at radius 1 is 0.750 bits per heavy atom. The summed E-state index contributed by atoms with van der Waals surface area (Å²) in [4.78, 5) is 2.08. The number of anilines is 1. The number of phenols is 1. The molecule has 0 fully saturated rings. The first-order valence-electron chi connectivity index (χ1n) is 9.27. The molecule has 4 rings (SSSR count).